The van der Waals surface area contributed by atoms with E-state index in [0.29, 0.717) is 11.8 Å². The smallest absolute Gasteiger partial charge is 0.284 e. The fourth-order valence-corrected chi connectivity index (χ4v) is 4.96. The number of anilines is 1. The number of nitrogens with one attached hydrogen (secondary N) is 1. The summed E-state index contributed by atoms with van der Waals surface area (Å²) in [5.74, 6) is 2.92. The summed E-state index contributed by atoms with van der Waals surface area (Å²) in [6.07, 6.45) is 8.70. The summed E-state index contributed by atoms with van der Waals surface area (Å²) >= 11 is 1.41. The highest BCUT2D eigenvalue weighted by molar-refractivity contribution is 8.14. The molecule has 1 aromatic carbocycles. The summed E-state index contributed by atoms with van der Waals surface area (Å²) in [6, 6.07) is 9.70. The van der Waals surface area contributed by atoms with Crippen LogP contribution in [0, 0.1) is 29.1 Å². The van der Waals surface area contributed by atoms with E-state index in [-0.39, 0.29) is 15.9 Å². The largest absolute Gasteiger partial charge is 0.317 e. The predicted molar refractivity (Wildman–Crippen MR) is 120 cm³/mol. The second-order valence-electron chi connectivity index (χ2n) is 9.56. The van der Waals surface area contributed by atoms with E-state index in [9.17, 15) is 4.79 Å². The molecule has 1 fully saturated rings. The fraction of sp³-hybridized carbons (Fsp3) is 0.625. The molecule has 4 atom stereocenters. The van der Waals surface area contributed by atoms with Gasteiger partial charge in [0.2, 0.25) is 0 Å². The molecule has 1 aliphatic carbocycles. The van der Waals surface area contributed by atoms with Crippen molar-refractivity contribution in [2.75, 3.05) is 5.32 Å². The molecule has 3 unspecified atom stereocenters. The van der Waals surface area contributed by atoms with Crippen LogP contribution in [0.1, 0.15) is 60.8 Å². The van der Waals surface area contributed by atoms with Gasteiger partial charge in [0.1, 0.15) is 0 Å². The Kier molecular flexibility index (Phi) is 8.03. The quantitative estimate of drug-likeness (QED) is 0.526. The van der Waals surface area contributed by atoms with Crippen LogP contribution in [-0.4, -0.2) is 10.5 Å². The summed E-state index contributed by atoms with van der Waals surface area (Å²) in [7, 11) is 0. The molecule has 2 nitrogen and oxygen atoms in total. The molecule has 1 aliphatic rings. The van der Waals surface area contributed by atoms with Gasteiger partial charge in [-0.3, -0.25) is 4.79 Å². The zero-order chi connectivity index (χ0) is 20.0. The standard InChI is InChI=1S/C24H37NOS/c1-17(2)21-14-12-18(3)16-19(21)13-15-22(24(4,5)6)27-23(26)25-20-10-8-7-9-11-20/h7-11,13,15,17-19,21-22H,12,14,16H2,1-6H3,(H,25,26)/b15-13+/t18?,19?,21?,22-/m0/s1. The first-order valence-electron chi connectivity index (χ1n) is 10.4. The van der Waals surface area contributed by atoms with Crippen LogP contribution in [0.25, 0.3) is 0 Å². The van der Waals surface area contributed by atoms with Crippen LogP contribution in [0.4, 0.5) is 10.5 Å². The Labute approximate surface area is 170 Å². The van der Waals surface area contributed by atoms with E-state index in [1.807, 2.05) is 30.3 Å². The highest BCUT2D eigenvalue weighted by atomic mass is 32.2. The van der Waals surface area contributed by atoms with Crippen molar-refractivity contribution in [3.63, 3.8) is 0 Å². The Bertz CT molecular complexity index is 617. The molecule has 0 heterocycles. The van der Waals surface area contributed by atoms with Gasteiger partial charge in [-0.15, -0.1) is 0 Å². The van der Waals surface area contributed by atoms with E-state index in [1.54, 1.807) is 0 Å². The van der Waals surface area contributed by atoms with E-state index in [4.69, 9.17) is 0 Å². The molecular weight excluding hydrogens is 350 g/mol. The minimum absolute atomic E-state index is 0.0168. The van der Waals surface area contributed by atoms with Crippen molar-refractivity contribution in [2.24, 2.45) is 29.1 Å². The number of para-hydroxylation sites is 1. The fourth-order valence-electron chi connectivity index (χ4n) is 4.03. The Morgan fingerprint density at radius 1 is 1.19 bits per heavy atom. The van der Waals surface area contributed by atoms with Gasteiger partial charge < -0.3 is 5.32 Å². The lowest BCUT2D eigenvalue weighted by atomic mass is 9.70. The van der Waals surface area contributed by atoms with Gasteiger partial charge in [-0.2, -0.15) is 0 Å². The molecule has 3 heteroatoms. The van der Waals surface area contributed by atoms with Crippen LogP contribution in [0.2, 0.25) is 0 Å². The van der Waals surface area contributed by atoms with Gasteiger partial charge in [-0.25, -0.2) is 0 Å². The Morgan fingerprint density at radius 3 is 2.44 bits per heavy atom. The molecule has 1 aromatic rings. The van der Waals surface area contributed by atoms with Gasteiger partial charge >= 0.3 is 0 Å². The van der Waals surface area contributed by atoms with Gasteiger partial charge in [-0.1, -0.05) is 90.1 Å². The first-order chi connectivity index (χ1) is 12.7. The van der Waals surface area contributed by atoms with E-state index < -0.39 is 0 Å². The van der Waals surface area contributed by atoms with Crippen LogP contribution >= 0.6 is 11.8 Å². The first kappa shape index (κ1) is 22.1. The van der Waals surface area contributed by atoms with Crippen molar-refractivity contribution < 1.29 is 4.79 Å². The van der Waals surface area contributed by atoms with Gasteiger partial charge in [0.25, 0.3) is 5.24 Å². The third-order valence-electron chi connectivity index (χ3n) is 5.71. The number of hydrogen-bond donors (Lipinski definition) is 1. The van der Waals surface area contributed by atoms with Crippen LogP contribution in [-0.2, 0) is 0 Å². The van der Waals surface area contributed by atoms with Crippen molar-refractivity contribution in [3.05, 3.63) is 42.5 Å². The predicted octanol–water partition coefficient (Wildman–Crippen LogP) is 7.63. The van der Waals surface area contributed by atoms with Crippen LogP contribution < -0.4 is 5.32 Å². The minimum Gasteiger partial charge on any atom is -0.317 e. The molecule has 1 N–H and O–H groups in total. The molecule has 0 radical (unpaired) electrons. The summed E-state index contributed by atoms with van der Waals surface area (Å²) in [5, 5.41) is 3.18. The van der Waals surface area contributed by atoms with Gasteiger partial charge in [0, 0.05) is 10.9 Å². The molecule has 1 saturated carbocycles. The number of allylic oxidation sites excluding steroid dienone is 1. The van der Waals surface area contributed by atoms with Gasteiger partial charge in [0.15, 0.2) is 0 Å². The van der Waals surface area contributed by atoms with Gasteiger partial charge in [0.05, 0.1) is 0 Å². The Hall–Kier alpha value is -1.22. The third-order valence-corrected chi connectivity index (χ3v) is 7.15. The molecule has 1 amide bonds. The minimum atomic E-state index is 0.0168. The SMILES string of the molecule is CC1CCC(C(C)C)C(/C=C/[C@H](SC(=O)Nc2ccccc2)C(C)(C)C)C1. The molecule has 0 spiro atoms. The lowest BCUT2D eigenvalue weighted by Crippen LogP contribution is -2.28. The molecule has 0 saturated heterocycles. The normalized spacial score (nSPS) is 24.9. The summed E-state index contributed by atoms with van der Waals surface area (Å²) < 4.78 is 0. The number of carbonyl (C=O) groups is 1. The number of benzene rings is 1. The molecule has 150 valence electrons. The van der Waals surface area contributed by atoms with Crippen LogP contribution in [0.3, 0.4) is 0 Å². The topological polar surface area (TPSA) is 29.1 Å². The van der Waals surface area contributed by atoms with Crippen molar-refractivity contribution in [3.8, 4) is 0 Å². The first-order valence-corrected chi connectivity index (χ1v) is 11.3. The second-order valence-corrected chi connectivity index (χ2v) is 10.7. The number of thioether (sulfide) groups is 1. The number of carbonyl (C=O) groups excluding carboxylic acids is 1. The lowest BCUT2D eigenvalue weighted by Gasteiger charge is -2.36. The maximum absolute atomic E-state index is 12.6. The molecule has 0 aliphatic heterocycles. The molecule has 0 bridgehead atoms. The summed E-state index contributed by atoms with van der Waals surface area (Å²) in [5.41, 5.74) is 0.885. The zero-order valence-corrected chi connectivity index (χ0v) is 18.7. The van der Waals surface area contributed by atoms with Crippen molar-refractivity contribution in [1.29, 1.82) is 0 Å². The van der Waals surface area contributed by atoms with Crippen LogP contribution in [0.15, 0.2) is 42.5 Å². The maximum atomic E-state index is 12.6. The van der Waals surface area contributed by atoms with Crippen LogP contribution in [0.5, 0.6) is 0 Å². The maximum Gasteiger partial charge on any atom is 0.284 e. The highest BCUT2D eigenvalue weighted by Crippen LogP contribution is 2.40. The summed E-state index contributed by atoms with van der Waals surface area (Å²) in [6.45, 7) is 13.7. The van der Waals surface area contributed by atoms with Gasteiger partial charge in [-0.05, 0) is 54.1 Å². The van der Waals surface area contributed by atoms with Crippen molar-refractivity contribution >= 4 is 22.7 Å². The monoisotopic (exact) mass is 387 g/mol. The van der Waals surface area contributed by atoms with Crippen molar-refractivity contribution in [2.45, 2.75) is 66.1 Å². The third kappa shape index (κ3) is 7.03. The summed E-state index contributed by atoms with van der Waals surface area (Å²) in [4.78, 5) is 12.6. The second kappa shape index (κ2) is 9.82. The van der Waals surface area contributed by atoms with E-state index in [0.717, 1.165) is 17.5 Å². The number of rotatable bonds is 5. The van der Waals surface area contributed by atoms with E-state index in [2.05, 4.69) is 59.0 Å². The molecule has 0 aromatic heterocycles. The van der Waals surface area contributed by atoms with E-state index >= 15 is 0 Å². The average Bonchev–Trinajstić information content (AvgIpc) is 2.58. The molecule has 27 heavy (non-hydrogen) atoms. The molecular formula is C24H37NOS. The molecule has 2 rings (SSSR count). The van der Waals surface area contributed by atoms with E-state index in [1.165, 1.54) is 31.0 Å². The zero-order valence-electron chi connectivity index (χ0n) is 17.9. The number of amides is 1. The average molecular weight is 388 g/mol. The Balaban J connectivity index is 2.06. The number of hydrogen-bond acceptors (Lipinski definition) is 2. The van der Waals surface area contributed by atoms with Crippen molar-refractivity contribution in [1.82, 2.24) is 0 Å². The highest BCUT2D eigenvalue weighted by Gasteiger charge is 2.30. The lowest BCUT2D eigenvalue weighted by molar-refractivity contribution is 0.178. The Morgan fingerprint density at radius 2 is 1.85 bits per heavy atom.